The first-order chi connectivity index (χ1) is 13.3. The highest BCUT2D eigenvalue weighted by molar-refractivity contribution is 5.93. The van der Waals surface area contributed by atoms with Crippen LogP contribution < -0.4 is 10.2 Å². The predicted octanol–water partition coefficient (Wildman–Crippen LogP) is 2.13. The fourth-order valence-electron chi connectivity index (χ4n) is 3.37. The molecular weight excluding hydrogens is 344 g/mol. The summed E-state index contributed by atoms with van der Waals surface area (Å²) in [6.45, 7) is 5.60. The number of anilines is 3. The lowest BCUT2D eigenvalue weighted by molar-refractivity contribution is 0.0299. The molecule has 1 N–H and O–H groups in total. The first-order valence-corrected chi connectivity index (χ1v) is 9.33. The molecule has 142 valence electrons. The molecular formula is C20H24N4O3. The maximum absolute atomic E-state index is 12.7. The van der Waals surface area contributed by atoms with Gasteiger partial charge in [0.2, 0.25) is 0 Å². The first-order valence-electron chi connectivity index (χ1n) is 9.33. The van der Waals surface area contributed by atoms with Crippen molar-refractivity contribution < 1.29 is 14.3 Å². The van der Waals surface area contributed by atoms with Crippen LogP contribution in [0.5, 0.6) is 0 Å². The van der Waals surface area contributed by atoms with E-state index in [1.54, 1.807) is 11.1 Å². The molecule has 0 spiro atoms. The Morgan fingerprint density at radius 2 is 1.67 bits per heavy atom. The summed E-state index contributed by atoms with van der Waals surface area (Å²) in [5, 5.41) is 3.45. The standard InChI is InChI=1S/C20H24N4O3/c25-20(24-9-13-27-14-10-24)18-15-16(5-6-21-18)22-17-3-1-2-4-19(17)23-7-11-26-12-8-23/h1-6,15H,7-14H2,(H,21,22). The van der Waals surface area contributed by atoms with E-state index < -0.39 is 0 Å². The molecule has 2 aromatic rings. The number of aromatic nitrogens is 1. The number of nitrogens with zero attached hydrogens (tertiary/aromatic N) is 3. The molecule has 2 aliphatic heterocycles. The second kappa shape index (κ2) is 8.37. The van der Waals surface area contributed by atoms with Crippen molar-refractivity contribution in [3.05, 3.63) is 48.3 Å². The number of ether oxygens (including phenoxy) is 2. The Balaban J connectivity index is 1.52. The van der Waals surface area contributed by atoms with E-state index in [1.165, 1.54) is 0 Å². The normalized spacial score (nSPS) is 17.6. The van der Waals surface area contributed by atoms with Crippen molar-refractivity contribution in [3.8, 4) is 0 Å². The molecule has 1 amide bonds. The lowest BCUT2D eigenvalue weighted by Crippen LogP contribution is -2.41. The third-order valence-electron chi connectivity index (χ3n) is 4.81. The summed E-state index contributed by atoms with van der Waals surface area (Å²) in [5.41, 5.74) is 3.45. The third-order valence-corrected chi connectivity index (χ3v) is 4.81. The fourth-order valence-corrected chi connectivity index (χ4v) is 3.37. The van der Waals surface area contributed by atoms with E-state index in [0.29, 0.717) is 32.0 Å². The Bertz CT molecular complexity index is 786. The summed E-state index contributed by atoms with van der Waals surface area (Å²) in [4.78, 5) is 21.0. The maximum atomic E-state index is 12.7. The van der Waals surface area contributed by atoms with Crippen molar-refractivity contribution in [2.24, 2.45) is 0 Å². The largest absolute Gasteiger partial charge is 0.378 e. The van der Waals surface area contributed by atoms with Crippen LogP contribution in [0.4, 0.5) is 17.1 Å². The van der Waals surface area contributed by atoms with Gasteiger partial charge in [0.25, 0.3) is 5.91 Å². The predicted molar refractivity (Wildman–Crippen MR) is 104 cm³/mol. The number of rotatable bonds is 4. The van der Waals surface area contributed by atoms with Gasteiger partial charge in [-0.2, -0.15) is 0 Å². The van der Waals surface area contributed by atoms with Crippen LogP contribution >= 0.6 is 0 Å². The Labute approximate surface area is 158 Å². The van der Waals surface area contributed by atoms with Gasteiger partial charge in [-0.05, 0) is 24.3 Å². The lowest BCUT2D eigenvalue weighted by Gasteiger charge is -2.30. The van der Waals surface area contributed by atoms with Crippen molar-refractivity contribution in [2.45, 2.75) is 0 Å². The monoisotopic (exact) mass is 368 g/mol. The molecule has 7 nitrogen and oxygen atoms in total. The number of hydrogen-bond donors (Lipinski definition) is 1. The van der Waals surface area contributed by atoms with Crippen LogP contribution in [0.25, 0.3) is 0 Å². The van der Waals surface area contributed by atoms with E-state index in [1.807, 2.05) is 24.3 Å². The zero-order valence-electron chi connectivity index (χ0n) is 15.3. The number of carbonyl (C=O) groups excluding carboxylic acids is 1. The van der Waals surface area contributed by atoms with Crippen LogP contribution in [0.1, 0.15) is 10.5 Å². The molecule has 2 saturated heterocycles. The number of benzene rings is 1. The molecule has 27 heavy (non-hydrogen) atoms. The van der Waals surface area contributed by atoms with E-state index in [9.17, 15) is 4.79 Å². The molecule has 1 aromatic carbocycles. The van der Waals surface area contributed by atoms with Gasteiger partial charge in [-0.3, -0.25) is 9.78 Å². The van der Waals surface area contributed by atoms with E-state index in [-0.39, 0.29) is 5.91 Å². The van der Waals surface area contributed by atoms with Gasteiger partial charge in [-0.15, -0.1) is 0 Å². The second-order valence-electron chi connectivity index (χ2n) is 6.58. The van der Waals surface area contributed by atoms with Gasteiger partial charge >= 0.3 is 0 Å². The van der Waals surface area contributed by atoms with Gasteiger partial charge in [-0.25, -0.2) is 0 Å². The molecule has 0 atom stereocenters. The van der Waals surface area contributed by atoms with Crippen LogP contribution in [0.15, 0.2) is 42.6 Å². The maximum Gasteiger partial charge on any atom is 0.272 e. The topological polar surface area (TPSA) is 66.9 Å². The lowest BCUT2D eigenvalue weighted by atomic mass is 10.2. The van der Waals surface area contributed by atoms with Crippen LogP contribution in [-0.4, -0.2) is 68.4 Å². The van der Waals surface area contributed by atoms with Crippen molar-refractivity contribution in [1.82, 2.24) is 9.88 Å². The highest BCUT2D eigenvalue weighted by atomic mass is 16.5. The first kappa shape index (κ1) is 17.8. The fraction of sp³-hybridized carbons (Fsp3) is 0.400. The number of para-hydroxylation sites is 2. The Morgan fingerprint density at radius 1 is 0.963 bits per heavy atom. The van der Waals surface area contributed by atoms with Crippen LogP contribution in [0, 0.1) is 0 Å². The molecule has 4 rings (SSSR count). The highest BCUT2D eigenvalue weighted by Gasteiger charge is 2.20. The van der Waals surface area contributed by atoms with Crippen molar-refractivity contribution in [3.63, 3.8) is 0 Å². The molecule has 0 bridgehead atoms. The number of pyridine rings is 1. The molecule has 7 heteroatoms. The Kier molecular flexibility index (Phi) is 5.50. The Hall–Kier alpha value is -2.64. The summed E-state index contributed by atoms with van der Waals surface area (Å²) >= 11 is 0. The van der Waals surface area contributed by atoms with Crippen LogP contribution in [0.3, 0.4) is 0 Å². The summed E-state index contributed by atoms with van der Waals surface area (Å²) in [5.74, 6) is -0.0524. The van der Waals surface area contributed by atoms with Crippen LogP contribution in [-0.2, 0) is 9.47 Å². The Morgan fingerprint density at radius 3 is 2.44 bits per heavy atom. The summed E-state index contributed by atoms with van der Waals surface area (Å²) in [7, 11) is 0. The third kappa shape index (κ3) is 4.20. The molecule has 1 aromatic heterocycles. The van der Waals surface area contributed by atoms with Crippen molar-refractivity contribution in [1.29, 1.82) is 0 Å². The zero-order valence-corrected chi connectivity index (χ0v) is 15.3. The van der Waals surface area contributed by atoms with Gasteiger partial charge in [-0.1, -0.05) is 12.1 Å². The van der Waals surface area contributed by atoms with E-state index in [2.05, 4.69) is 27.3 Å². The minimum Gasteiger partial charge on any atom is -0.378 e. The van der Waals surface area contributed by atoms with Gasteiger partial charge in [0.05, 0.1) is 37.8 Å². The molecule has 0 saturated carbocycles. The summed E-state index contributed by atoms with van der Waals surface area (Å²) < 4.78 is 10.8. The SMILES string of the molecule is O=C(c1cc(Nc2ccccc2N2CCOCC2)ccn1)N1CCOCC1. The molecule has 2 aliphatic rings. The number of carbonyl (C=O) groups is 1. The van der Waals surface area contributed by atoms with E-state index in [4.69, 9.17) is 9.47 Å². The minimum atomic E-state index is -0.0524. The molecule has 0 aliphatic carbocycles. The number of morpholine rings is 2. The van der Waals surface area contributed by atoms with E-state index in [0.717, 1.165) is 43.4 Å². The van der Waals surface area contributed by atoms with Gasteiger partial charge in [0.15, 0.2) is 0 Å². The number of nitrogens with one attached hydrogen (secondary N) is 1. The summed E-state index contributed by atoms with van der Waals surface area (Å²) in [6.07, 6.45) is 1.67. The highest BCUT2D eigenvalue weighted by Crippen LogP contribution is 2.29. The number of amides is 1. The van der Waals surface area contributed by atoms with Gasteiger partial charge < -0.3 is 24.6 Å². The zero-order chi connectivity index (χ0) is 18.5. The molecule has 0 radical (unpaired) electrons. The van der Waals surface area contributed by atoms with Crippen molar-refractivity contribution in [2.75, 3.05) is 62.8 Å². The van der Waals surface area contributed by atoms with Gasteiger partial charge in [0.1, 0.15) is 5.69 Å². The molecule has 2 fully saturated rings. The van der Waals surface area contributed by atoms with Gasteiger partial charge in [0, 0.05) is 38.1 Å². The van der Waals surface area contributed by atoms with Crippen molar-refractivity contribution >= 4 is 23.0 Å². The smallest absolute Gasteiger partial charge is 0.272 e. The second-order valence-corrected chi connectivity index (χ2v) is 6.58. The minimum absolute atomic E-state index is 0.0524. The molecule has 3 heterocycles. The van der Waals surface area contributed by atoms with E-state index >= 15 is 0 Å². The average molecular weight is 368 g/mol. The number of hydrogen-bond acceptors (Lipinski definition) is 6. The quantitative estimate of drug-likeness (QED) is 0.892. The molecule has 0 unspecified atom stereocenters. The average Bonchev–Trinajstić information content (AvgIpc) is 2.75. The van der Waals surface area contributed by atoms with Crippen LogP contribution in [0.2, 0.25) is 0 Å². The summed E-state index contributed by atoms with van der Waals surface area (Å²) in [6, 6.07) is 11.9.